The fraction of sp³-hybridized carbons (Fsp3) is 0.750. The molecule has 0 aliphatic heterocycles. The molecule has 0 aliphatic carbocycles. The molecule has 0 rings (SSSR count). The van der Waals surface area contributed by atoms with Crippen LogP contribution in [0.15, 0.2) is 0 Å². The van der Waals surface area contributed by atoms with Crippen molar-refractivity contribution in [3.8, 4) is 6.07 Å². The molecule has 4 heteroatoms. The highest BCUT2D eigenvalue weighted by Gasteiger charge is 2.18. The Kier molecular flexibility index (Phi) is 6.02. The molecule has 1 unspecified atom stereocenters. The fourth-order valence-corrected chi connectivity index (χ4v) is 0.637. The summed E-state index contributed by atoms with van der Waals surface area (Å²) < 4.78 is 9.58. The van der Waals surface area contributed by atoms with E-state index in [0.717, 1.165) is 0 Å². The topological polar surface area (TPSA) is 59.3 Å². The third-order valence-corrected chi connectivity index (χ3v) is 1.22. The van der Waals surface area contributed by atoms with Gasteiger partial charge in [-0.05, 0) is 13.8 Å². The summed E-state index contributed by atoms with van der Waals surface area (Å²) in [5.41, 5.74) is 0. The molecule has 0 saturated carbocycles. The molecule has 0 heterocycles. The molecule has 0 aliphatic rings. The van der Waals surface area contributed by atoms with Gasteiger partial charge in [-0.15, -0.1) is 0 Å². The molecule has 0 aromatic heterocycles. The van der Waals surface area contributed by atoms with Crippen LogP contribution in [0.25, 0.3) is 0 Å². The van der Waals surface area contributed by atoms with Crippen molar-refractivity contribution in [1.29, 1.82) is 5.26 Å². The molecule has 12 heavy (non-hydrogen) atoms. The highest BCUT2D eigenvalue weighted by atomic mass is 16.5. The van der Waals surface area contributed by atoms with Crippen LogP contribution in [0.3, 0.4) is 0 Å². The van der Waals surface area contributed by atoms with Gasteiger partial charge in [0.25, 0.3) is 0 Å². The van der Waals surface area contributed by atoms with Crippen LogP contribution in [0.1, 0.15) is 13.8 Å². The maximum absolute atomic E-state index is 11.0. The SMILES string of the molecule is CCOCC(C#N)C(=O)OCC. The van der Waals surface area contributed by atoms with Gasteiger partial charge in [0.05, 0.1) is 19.3 Å². The van der Waals surface area contributed by atoms with Gasteiger partial charge < -0.3 is 9.47 Å². The van der Waals surface area contributed by atoms with Crippen molar-refractivity contribution in [3.05, 3.63) is 0 Å². The number of hydrogen-bond acceptors (Lipinski definition) is 4. The third-order valence-electron chi connectivity index (χ3n) is 1.22. The molecule has 4 nitrogen and oxygen atoms in total. The van der Waals surface area contributed by atoms with Gasteiger partial charge in [0.15, 0.2) is 5.92 Å². The van der Waals surface area contributed by atoms with E-state index in [1.165, 1.54) is 0 Å². The van der Waals surface area contributed by atoms with Gasteiger partial charge in [-0.1, -0.05) is 0 Å². The summed E-state index contributed by atoms with van der Waals surface area (Å²) in [7, 11) is 0. The number of hydrogen-bond donors (Lipinski definition) is 0. The first-order chi connectivity index (χ1) is 5.76. The van der Waals surface area contributed by atoms with Crippen molar-refractivity contribution in [2.24, 2.45) is 5.92 Å². The first kappa shape index (κ1) is 10.9. The predicted octanol–water partition coefficient (Wildman–Crippen LogP) is 0.726. The van der Waals surface area contributed by atoms with E-state index in [1.54, 1.807) is 13.8 Å². The second kappa shape index (κ2) is 6.62. The molecular formula is C8H13NO3. The van der Waals surface area contributed by atoms with Crippen LogP contribution in [0.5, 0.6) is 0 Å². The summed E-state index contributed by atoms with van der Waals surface area (Å²) >= 11 is 0. The smallest absolute Gasteiger partial charge is 0.325 e. The average molecular weight is 171 g/mol. The zero-order valence-electron chi connectivity index (χ0n) is 7.37. The van der Waals surface area contributed by atoms with Crippen LogP contribution in [0.4, 0.5) is 0 Å². The Bertz CT molecular complexity index is 174. The molecule has 0 saturated heterocycles. The lowest BCUT2D eigenvalue weighted by atomic mass is 10.2. The molecule has 0 fully saturated rings. The van der Waals surface area contributed by atoms with Gasteiger partial charge in [-0.2, -0.15) is 5.26 Å². The van der Waals surface area contributed by atoms with Crippen LogP contribution in [-0.2, 0) is 14.3 Å². The van der Waals surface area contributed by atoms with Crippen LogP contribution in [-0.4, -0.2) is 25.8 Å². The molecule has 1 atom stereocenters. The minimum absolute atomic E-state index is 0.117. The van der Waals surface area contributed by atoms with Crippen molar-refractivity contribution < 1.29 is 14.3 Å². The number of ether oxygens (including phenoxy) is 2. The predicted molar refractivity (Wildman–Crippen MR) is 42.2 cm³/mol. The molecule has 0 amide bonds. The molecule has 0 radical (unpaired) electrons. The Morgan fingerprint density at radius 3 is 2.58 bits per heavy atom. The van der Waals surface area contributed by atoms with E-state index >= 15 is 0 Å². The summed E-state index contributed by atoms with van der Waals surface area (Å²) in [6.45, 7) is 4.42. The molecule has 0 aromatic carbocycles. The van der Waals surface area contributed by atoms with Crippen molar-refractivity contribution in [3.63, 3.8) is 0 Å². The first-order valence-electron chi connectivity index (χ1n) is 3.90. The van der Waals surface area contributed by atoms with E-state index in [1.807, 2.05) is 6.07 Å². The van der Waals surface area contributed by atoms with Crippen LogP contribution < -0.4 is 0 Å². The van der Waals surface area contributed by atoms with Gasteiger partial charge in [-0.3, -0.25) is 4.79 Å². The van der Waals surface area contributed by atoms with E-state index in [0.29, 0.717) is 13.2 Å². The average Bonchev–Trinajstić information content (AvgIpc) is 2.06. The van der Waals surface area contributed by atoms with E-state index in [4.69, 9.17) is 10.00 Å². The molecule has 0 spiro atoms. The normalized spacial score (nSPS) is 11.8. The minimum Gasteiger partial charge on any atom is -0.465 e. The number of carbonyl (C=O) groups is 1. The minimum atomic E-state index is -0.787. The van der Waals surface area contributed by atoms with Crippen LogP contribution in [0, 0.1) is 17.2 Å². The molecule has 0 aromatic rings. The Morgan fingerprint density at radius 2 is 2.17 bits per heavy atom. The highest BCUT2D eigenvalue weighted by molar-refractivity contribution is 5.75. The van der Waals surface area contributed by atoms with Crippen molar-refractivity contribution in [2.75, 3.05) is 19.8 Å². The summed E-state index contributed by atoms with van der Waals surface area (Å²) in [5, 5.41) is 8.52. The summed E-state index contributed by atoms with van der Waals surface area (Å²) in [6.07, 6.45) is 0. The number of rotatable bonds is 5. The second-order valence-electron chi connectivity index (χ2n) is 2.09. The summed E-state index contributed by atoms with van der Waals surface area (Å²) in [5.74, 6) is -1.29. The Balaban J connectivity index is 3.81. The van der Waals surface area contributed by atoms with Gasteiger partial charge in [0.1, 0.15) is 0 Å². The quantitative estimate of drug-likeness (QED) is 0.572. The lowest BCUT2D eigenvalue weighted by molar-refractivity contribution is -0.147. The lowest BCUT2D eigenvalue weighted by Gasteiger charge is -2.07. The standard InChI is InChI=1S/C8H13NO3/c1-3-11-6-7(5-9)8(10)12-4-2/h7H,3-4,6H2,1-2H3. The third kappa shape index (κ3) is 3.94. The van der Waals surface area contributed by atoms with Crippen LogP contribution >= 0.6 is 0 Å². The van der Waals surface area contributed by atoms with Gasteiger partial charge in [-0.25, -0.2) is 0 Å². The number of nitrogens with zero attached hydrogens (tertiary/aromatic N) is 1. The summed E-state index contributed by atoms with van der Waals surface area (Å²) in [6, 6.07) is 1.82. The highest BCUT2D eigenvalue weighted by Crippen LogP contribution is 1.99. The van der Waals surface area contributed by atoms with Crippen molar-refractivity contribution >= 4 is 5.97 Å². The fourth-order valence-electron chi connectivity index (χ4n) is 0.637. The molecular weight excluding hydrogens is 158 g/mol. The van der Waals surface area contributed by atoms with Crippen LogP contribution in [0.2, 0.25) is 0 Å². The van der Waals surface area contributed by atoms with E-state index in [2.05, 4.69) is 4.74 Å². The van der Waals surface area contributed by atoms with Crippen molar-refractivity contribution in [1.82, 2.24) is 0 Å². The number of nitriles is 1. The maximum Gasteiger partial charge on any atom is 0.325 e. The Hall–Kier alpha value is -1.08. The van der Waals surface area contributed by atoms with Gasteiger partial charge >= 0.3 is 5.97 Å². The van der Waals surface area contributed by atoms with Gasteiger partial charge in [0.2, 0.25) is 0 Å². The number of carbonyl (C=O) groups excluding carboxylic acids is 1. The summed E-state index contributed by atoms with van der Waals surface area (Å²) in [4.78, 5) is 11.0. The van der Waals surface area contributed by atoms with E-state index in [9.17, 15) is 4.79 Å². The van der Waals surface area contributed by atoms with Crippen molar-refractivity contribution in [2.45, 2.75) is 13.8 Å². The lowest BCUT2D eigenvalue weighted by Crippen LogP contribution is -2.21. The molecule has 0 bridgehead atoms. The second-order valence-corrected chi connectivity index (χ2v) is 2.09. The maximum atomic E-state index is 11.0. The Labute approximate surface area is 72.1 Å². The first-order valence-corrected chi connectivity index (χ1v) is 3.90. The zero-order chi connectivity index (χ0) is 9.40. The Morgan fingerprint density at radius 1 is 1.50 bits per heavy atom. The van der Waals surface area contributed by atoms with E-state index in [-0.39, 0.29) is 6.61 Å². The largest absolute Gasteiger partial charge is 0.465 e. The zero-order valence-corrected chi connectivity index (χ0v) is 7.37. The monoisotopic (exact) mass is 171 g/mol. The molecule has 0 N–H and O–H groups in total. The molecule has 68 valence electrons. The van der Waals surface area contributed by atoms with E-state index < -0.39 is 11.9 Å². The van der Waals surface area contributed by atoms with Gasteiger partial charge in [0, 0.05) is 6.61 Å². The number of esters is 1.